The van der Waals surface area contributed by atoms with E-state index in [2.05, 4.69) is 4.74 Å². The summed E-state index contributed by atoms with van der Waals surface area (Å²) >= 11 is 0. The molecule has 0 bridgehead atoms. The average Bonchev–Trinajstić information content (AvgIpc) is 1.79. The maximum atomic E-state index is 11.3. The zero-order valence-corrected chi connectivity index (χ0v) is 5.44. The first-order chi connectivity index (χ1) is 4.63. The number of halogens is 2. The summed E-state index contributed by atoms with van der Waals surface area (Å²) in [7, 11) is 0. The molecule has 0 aromatic heterocycles. The van der Waals surface area contributed by atoms with Gasteiger partial charge in [-0.15, -0.1) is 0 Å². The number of rotatable bonds is 5. The molecule has 0 heterocycles. The zero-order chi connectivity index (χ0) is 7.98. The molecule has 3 nitrogen and oxygen atoms in total. The Hall–Kier alpha value is -0.710. The number of nitrogens with two attached hydrogens (primary N) is 1. The standard InChI is InChI=1S/C5H10F2N2O/c6-4(7)3-10-2-1-5(8)9/h4H,1-3H2,(H3,8,9). The minimum Gasteiger partial charge on any atom is -0.388 e. The van der Waals surface area contributed by atoms with E-state index in [4.69, 9.17) is 11.1 Å². The fraction of sp³-hybridized carbons (Fsp3) is 0.800. The Kier molecular flexibility index (Phi) is 4.74. The molecule has 0 atom stereocenters. The Morgan fingerprint density at radius 3 is 2.60 bits per heavy atom. The summed E-state index contributed by atoms with van der Waals surface area (Å²) in [4.78, 5) is 0. The summed E-state index contributed by atoms with van der Waals surface area (Å²) in [5, 5.41) is 6.69. The van der Waals surface area contributed by atoms with E-state index in [1.54, 1.807) is 0 Å². The highest BCUT2D eigenvalue weighted by atomic mass is 19.3. The van der Waals surface area contributed by atoms with Crippen molar-refractivity contribution in [1.82, 2.24) is 0 Å². The van der Waals surface area contributed by atoms with Crippen LogP contribution < -0.4 is 5.73 Å². The van der Waals surface area contributed by atoms with Gasteiger partial charge >= 0.3 is 0 Å². The Balaban J connectivity index is 2.98. The van der Waals surface area contributed by atoms with Crippen LogP contribution in [0.15, 0.2) is 0 Å². The van der Waals surface area contributed by atoms with Crippen LogP contribution in [0.2, 0.25) is 0 Å². The number of hydrogen-bond acceptors (Lipinski definition) is 2. The molecule has 0 unspecified atom stereocenters. The molecule has 0 saturated carbocycles. The fourth-order valence-electron chi connectivity index (χ4n) is 0.355. The van der Waals surface area contributed by atoms with Crippen molar-refractivity contribution in [1.29, 1.82) is 5.41 Å². The highest BCUT2D eigenvalue weighted by Crippen LogP contribution is 1.92. The van der Waals surface area contributed by atoms with Crippen molar-refractivity contribution in [2.24, 2.45) is 5.73 Å². The van der Waals surface area contributed by atoms with Crippen molar-refractivity contribution in [3.63, 3.8) is 0 Å². The van der Waals surface area contributed by atoms with Gasteiger partial charge in [0.2, 0.25) is 0 Å². The molecule has 60 valence electrons. The molecule has 5 heteroatoms. The second kappa shape index (κ2) is 5.10. The van der Waals surface area contributed by atoms with Crippen molar-refractivity contribution < 1.29 is 13.5 Å². The predicted octanol–water partition coefficient (Wildman–Crippen LogP) is 0.594. The quantitative estimate of drug-likeness (QED) is 0.344. The summed E-state index contributed by atoms with van der Waals surface area (Å²) < 4.78 is 27.1. The Bertz CT molecular complexity index is 108. The van der Waals surface area contributed by atoms with Crippen LogP contribution in [0, 0.1) is 5.41 Å². The summed E-state index contributed by atoms with van der Waals surface area (Å²) in [5.74, 6) is -0.0470. The van der Waals surface area contributed by atoms with Crippen LogP contribution in [0.1, 0.15) is 6.42 Å². The molecule has 0 amide bonds. The van der Waals surface area contributed by atoms with Crippen molar-refractivity contribution in [2.45, 2.75) is 12.8 Å². The molecule has 0 radical (unpaired) electrons. The normalized spacial score (nSPS) is 10.3. The number of ether oxygens (including phenoxy) is 1. The van der Waals surface area contributed by atoms with Crippen molar-refractivity contribution in [3.8, 4) is 0 Å². The van der Waals surface area contributed by atoms with E-state index in [0.717, 1.165) is 0 Å². The lowest BCUT2D eigenvalue weighted by Crippen LogP contribution is -2.14. The Morgan fingerprint density at radius 2 is 2.20 bits per heavy atom. The lowest BCUT2D eigenvalue weighted by Gasteiger charge is -2.00. The molecule has 0 aromatic rings. The van der Waals surface area contributed by atoms with E-state index >= 15 is 0 Å². The number of hydrogen-bond donors (Lipinski definition) is 2. The van der Waals surface area contributed by atoms with E-state index in [0.29, 0.717) is 0 Å². The van der Waals surface area contributed by atoms with Crippen molar-refractivity contribution in [2.75, 3.05) is 13.2 Å². The van der Waals surface area contributed by atoms with Crippen LogP contribution in [0.25, 0.3) is 0 Å². The van der Waals surface area contributed by atoms with E-state index in [1.807, 2.05) is 0 Å². The Labute approximate surface area is 57.7 Å². The minimum atomic E-state index is -2.44. The van der Waals surface area contributed by atoms with Gasteiger partial charge in [0.15, 0.2) is 0 Å². The second-order valence-corrected chi connectivity index (χ2v) is 1.74. The van der Waals surface area contributed by atoms with Gasteiger partial charge in [0.1, 0.15) is 6.61 Å². The summed E-state index contributed by atoms with van der Waals surface area (Å²) in [6.07, 6.45) is -2.22. The van der Waals surface area contributed by atoms with Gasteiger partial charge in [0, 0.05) is 6.42 Å². The fourth-order valence-corrected chi connectivity index (χ4v) is 0.355. The largest absolute Gasteiger partial charge is 0.388 e. The maximum Gasteiger partial charge on any atom is 0.261 e. The summed E-state index contributed by atoms with van der Waals surface area (Å²) in [6, 6.07) is 0. The molecule has 0 rings (SSSR count). The van der Waals surface area contributed by atoms with Crippen LogP contribution in [-0.2, 0) is 4.74 Å². The molecular formula is C5H10F2N2O. The first-order valence-electron chi connectivity index (χ1n) is 2.81. The first kappa shape index (κ1) is 9.29. The van der Waals surface area contributed by atoms with Gasteiger partial charge in [0.05, 0.1) is 12.4 Å². The molecule has 0 aliphatic heterocycles. The maximum absolute atomic E-state index is 11.3. The van der Waals surface area contributed by atoms with Crippen LogP contribution in [0.4, 0.5) is 8.78 Å². The van der Waals surface area contributed by atoms with E-state index in [1.165, 1.54) is 0 Å². The monoisotopic (exact) mass is 152 g/mol. The van der Waals surface area contributed by atoms with Gasteiger partial charge in [-0.3, -0.25) is 5.41 Å². The molecule has 3 N–H and O–H groups in total. The van der Waals surface area contributed by atoms with Crippen LogP contribution in [0.5, 0.6) is 0 Å². The van der Waals surface area contributed by atoms with Crippen molar-refractivity contribution in [3.05, 3.63) is 0 Å². The first-order valence-corrected chi connectivity index (χ1v) is 2.81. The lowest BCUT2D eigenvalue weighted by molar-refractivity contribution is 0.0201. The van der Waals surface area contributed by atoms with Crippen LogP contribution in [-0.4, -0.2) is 25.5 Å². The van der Waals surface area contributed by atoms with Crippen LogP contribution in [0.3, 0.4) is 0 Å². The molecule has 0 aliphatic rings. The molecule has 0 spiro atoms. The van der Waals surface area contributed by atoms with E-state index in [-0.39, 0.29) is 18.9 Å². The third kappa shape index (κ3) is 7.29. The number of alkyl halides is 2. The van der Waals surface area contributed by atoms with Gasteiger partial charge in [-0.1, -0.05) is 0 Å². The molecule has 0 aliphatic carbocycles. The van der Waals surface area contributed by atoms with E-state index in [9.17, 15) is 8.78 Å². The zero-order valence-electron chi connectivity index (χ0n) is 5.44. The number of amidine groups is 1. The summed E-state index contributed by atoms with van der Waals surface area (Å²) in [6.45, 7) is -0.479. The molecular weight excluding hydrogens is 142 g/mol. The molecule has 0 aromatic carbocycles. The van der Waals surface area contributed by atoms with Gasteiger partial charge in [-0.25, -0.2) is 8.78 Å². The van der Waals surface area contributed by atoms with Gasteiger partial charge in [-0.2, -0.15) is 0 Å². The van der Waals surface area contributed by atoms with Crippen LogP contribution >= 0.6 is 0 Å². The minimum absolute atomic E-state index is 0.0470. The highest BCUT2D eigenvalue weighted by molar-refractivity contribution is 5.76. The second-order valence-electron chi connectivity index (χ2n) is 1.74. The molecule has 0 fully saturated rings. The lowest BCUT2D eigenvalue weighted by atomic mass is 10.4. The van der Waals surface area contributed by atoms with Crippen molar-refractivity contribution >= 4 is 5.84 Å². The third-order valence-corrected chi connectivity index (χ3v) is 0.760. The smallest absolute Gasteiger partial charge is 0.261 e. The summed E-state index contributed by atoms with van der Waals surface area (Å²) in [5.41, 5.74) is 4.93. The number of nitrogens with one attached hydrogen (secondary N) is 1. The molecule has 10 heavy (non-hydrogen) atoms. The topological polar surface area (TPSA) is 59.1 Å². The van der Waals surface area contributed by atoms with E-state index < -0.39 is 13.0 Å². The van der Waals surface area contributed by atoms with Gasteiger partial charge in [0.25, 0.3) is 6.43 Å². The van der Waals surface area contributed by atoms with Gasteiger partial charge in [-0.05, 0) is 0 Å². The molecule has 0 saturated heterocycles. The van der Waals surface area contributed by atoms with Gasteiger partial charge < -0.3 is 10.5 Å². The SMILES string of the molecule is N=C(N)CCOCC(F)F. The Morgan fingerprint density at radius 1 is 1.60 bits per heavy atom. The average molecular weight is 152 g/mol. The highest BCUT2D eigenvalue weighted by Gasteiger charge is 2.00. The third-order valence-electron chi connectivity index (χ3n) is 0.760. The predicted molar refractivity (Wildman–Crippen MR) is 33.4 cm³/mol.